The smallest absolute Gasteiger partial charge is 0.304 e. The van der Waals surface area contributed by atoms with Crippen molar-refractivity contribution in [3.05, 3.63) is 58.4 Å². The fourth-order valence-corrected chi connectivity index (χ4v) is 2.89. The number of rotatable bonds is 4. The highest BCUT2D eigenvalue weighted by Crippen LogP contribution is 2.36. The molecule has 21 heavy (non-hydrogen) atoms. The lowest BCUT2D eigenvalue weighted by Crippen LogP contribution is -2.09. The maximum absolute atomic E-state index is 11.2. The number of carbonyl (C=O) groups is 1. The first kappa shape index (κ1) is 13.9. The van der Waals surface area contributed by atoms with Crippen LogP contribution in [0.5, 0.6) is 5.75 Å². The molecule has 2 aromatic rings. The van der Waals surface area contributed by atoms with Crippen molar-refractivity contribution < 1.29 is 14.6 Å². The first-order valence-corrected chi connectivity index (χ1v) is 7.11. The van der Waals surface area contributed by atoms with Gasteiger partial charge in [-0.15, -0.1) is 0 Å². The topological polar surface area (TPSA) is 59.4 Å². The van der Waals surface area contributed by atoms with Gasteiger partial charge in [-0.2, -0.15) is 0 Å². The number of carboxylic acids is 1. The number of fused-ring (bicyclic) bond motifs is 1. The second-order valence-electron chi connectivity index (χ2n) is 5.00. The minimum Gasteiger partial charge on any atom is -0.493 e. The molecular weight excluding hydrogens is 290 g/mol. The number of pyridine rings is 1. The molecule has 2 heterocycles. The first-order chi connectivity index (χ1) is 10.1. The van der Waals surface area contributed by atoms with Crippen LogP contribution in [-0.4, -0.2) is 22.7 Å². The maximum Gasteiger partial charge on any atom is 0.304 e. The average molecular weight is 304 g/mol. The number of aromatic nitrogens is 1. The van der Waals surface area contributed by atoms with Crippen LogP contribution in [0.3, 0.4) is 0 Å². The van der Waals surface area contributed by atoms with E-state index in [9.17, 15) is 9.90 Å². The van der Waals surface area contributed by atoms with Crippen LogP contribution in [0, 0.1) is 0 Å². The number of benzene rings is 1. The van der Waals surface area contributed by atoms with E-state index in [0.29, 0.717) is 11.8 Å². The van der Waals surface area contributed by atoms with Gasteiger partial charge >= 0.3 is 5.97 Å². The van der Waals surface area contributed by atoms with E-state index in [1.54, 1.807) is 12.3 Å². The van der Waals surface area contributed by atoms with Crippen molar-refractivity contribution in [2.24, 2.45) is 0 Å². The maximum atomic E-state index is 11.2. The summed E-state index contributed by atoms with van der Waals surface area (Å²) in [7, 11) is 0. The Morgan fingerprint density at radius 1 is 1.43 bits per heavy atom. The molecule has 1 aliphatic heterocycles. The van der Waals surface area contributed by atoms with Crippen LogP contribution in [0.1, 0.15) is 29.0 Å². The molecule has 1 aliphatic rings. The molecule has 1 aromatic carbocycles. The molecular formula is C16H14ClNO3. The molecule has 0 saturated carbocycles. The Balaban J connectivity index is 2.03. The summed E-state index contributed by atoms with van der Waals surface area (Å²) in [5.41, 5.74) is 2.76. The SMILES string of the molecule is O=C(O)C[C@H](c1ccc2c(c1)OCC2)c1cccnc1Cl. The van der Waals surface area contributed by atoms with Crippen molar-refractivity contribution in [2.75, 3.05) is 6.61 Å². The lowest BCUT2D eigenvalue weighted by atomic mass is 9.88. The van der Waals surface area contributed by atoms with Crippen molar-refractivity contribution in [3.63, 3.8) is 0 Å². The molecule has 0 bridgehead atoms. The summed E-state index contributed by atoms with van der Waals surface area (Å²) in [5.74, 6) is -0.373. The monoisotopic (exact) mass is 303 g/mol. The Hall–Kier alpha value is -2.07. The molecule has 1 N–H and O–H groups in total. The Kier molecular flexibility index (Phi) is 3.80. The van der Waals surface area contributed by atoms with E-state index >= 15 is 0 Å². The molecule has 4 nitrogen and oxygen atoms in total. The van der Waals surface area contributed by atoms with E-state index in [1.165, 1.54) is 0 Å². The molecule has 0 fully saturated rings. The first-order valence-electron chi connectivity index (χ1n) is 6.73. The molecule has 0 saturated heterocycles. The Morgan fingerprint density at radius 3 is 3.05 bits per heavy atom. The van der Waals surface area contributed by atoms with E-state index in [4.69, 9.17) is 16.3 Å². The van der Waals surface area contributed by atoms with Gasteiger partial charge in [-0.25, -0.2) is 4.98 Å². The van der Waals surface area contributed by atoms with Gasteiger partial charge in [0.05, 0.1) is 13.0 Å². The van der Waals surface area contributed by atoms with Gasteiger partial charge in [0.25, 0.3) is 0 Å². The number of aliphatic carboxylic acids is 1. The standard InChI is InChI=1S/C16H14ClNO3/c17-16-12(2-1-6-18-16)13(9-15(19)20)11-4-3-10-5-7-21-14(10)8-11/h1-4,6,8,13H,5,7,9H2,(H,19,20)/t13-/m1/s1. The second kappa shape index (κ2) is 5.74. The van der Waals surface area contributed by atoms with Crippen LogP contribution >= 0.6 is 11.6 Å². The Morgan fingerprint density at radius 2 is 2.29 bits per heavy atom. The Bertz CT molecular complexity index is 687. The third-order valence-corrected chi connectivity index (χ3v) is 3.98. The van der Waals surface area contributed by atoms with Crippen molar-refractivity contribution in [1.29, 1.82) is 0 Å². The van der Waals surface area contributed by atoms with Crippen LogP contribution < -0.4 is 4.74 Å². The lowest BCUT2D eigenvalue weighted by Gasteiger charge is -2.17. The van der Waals surface area contributed by atoms with Gasteiger partial charge in [0.1, 0.15) is 10.9 Å². The van der Waals surface area contributed by atoms with E-state index in [1.807, 2.05) is 24.3 Å². The Labute approximate surface area is 127 Å². The summed E-state index contributed by atoms with van der Waals surface area (Å²) >= 11 is 6.13. The van der Waals surface area contributed by atoms with Gasteiger partial charge in [0, 0.05) is 18.5 Å². The zero-order chi connectivity index (χ0) is 14.8. The van der Waals surface area contributed by atoms with Gasteiger partial charge in [-0.3, -0.25) is 4.79 Å². The molecule has 1 aromatic heterocycles. The normalized spacial score (nSPS) is 14.3. The molecule has 5 heteroatoms. The van der Waals surface area contributed by atoms with Gasteiger partial charge in [-0.05, 0) is 28.8 Å². The summed E-state index contributed by atoms with van der Waals surface area (Å²) in [4.78, 5) is 15.3. The highest BCUT2D eigenvalue weighted by molar-refractivity contribution is 6.30. The third-order valence-electron chi connectivity index (χ3n) is 3.66. The van der Waals surface area contributed by atoms with Crippen LogP contribution in [0.15, 0.2) is 36.5 Å². The van der Waals surface area contributed by atoms with Crippen LogP contribution in [0.2, 0.25) is 5.15 Å². The predicted octanol–water partition coefficient (Wildman–Crippen LogP) is 3.28. The quantitative estimate of drug-likeness (QED) is 0.881. The fourth-order valence-electron chi connectivity index (χ4n) is 2.64. The number of halogens is 1. The number of hydrogen-bond acceptors (Lipinski definition) is 3. The molecule has 0 unspecified atom stereocenters. The molecule has 1 atom stereocenters. The van der Waals surface area contributed by atoms with Crippen LogP contribution in [0.4, 0.5) is 0 Å². The largest absolute Gasteiger partial charge is 0.493 e. The molecule has 108 valence electrons. The van der Waals surface area contributed by atoms with Crippen molar-refractivity contribution in [2.45, 2.75) is 18.8 Å². The summed E-state index contributed by atoms with van der Waals surface area (Å²) in [6, 6.07) is 9.44. The number of nitrogens with zero attached hydrogens (tertiary/aromatic N) is 1. The highest BCUT2D eigenvalue weighted by Gasteiger charge is 2.23. The van der Waals surface area contributed by atoms with Gasteiger partial charge < -0.3 is 9.84 Å². The zero-order valence-electron chi connectivity index (χ0n) is 11.3. The van der Waals surface area contributed by atoms with E-state index in [2.05, 4.69) is 4.98 Å². The number of hydrogen-bond donors (Lipinski definition) is 1. The fraction of sp³-hybridized carbons (Fsp3) is 0.250. The number of ether oxygens (including phenoxy) is 1. The van der Waals surface area contributed by atoms with E-state index in [-0.39, 0.29) is 12.3 Å². The minimum atomic E-state index is -0.874. The van der Waals surface area contributed by atoms with Crippen molar-refractivity contribution in [1.82, 2.24) is 4.98 Å². The third kappa shape index (κ3) is 2.85. The molecule has 3 rings (SSSR count). The average Bonchev–Trinajstić information content (AvgIpc) is 2.93. The molecule has 0 spiro atoms. The van der Waals surface area contributed by atoms with Crippen molar-refractivity contribution in [3.8, 4) is 5.75 Å². The summed E-state index contributed by atoms with van der Waals surface area (Å²) in [6.07, 6.45) is 2.45. The molecule has 0 aliphatic carbocycles. The summed E-state index contributed by atoms with van der Waals surface area (Å²) in [6.45, 7) is 0.677. The van der Waals surface area contributed by atoms with Crippen LogP contribution in [-0.2, 0) is 11.2 Å². The molecule has 0 radical (unpaired) electrons. The minimum absolute atomic E-state index is 0.0375. The van der Waals surface area contributed by atoms with Crippen LogP contribution in [0.25, 0.3) is 0 Å². The summed E-state index contributed by atoms with van der Waals surface area (Å²) < 4.78 is 5.56. The van der Waals surface area contributed by atoms with E-state index in [0.717, 1.165) is 28.9 Å². The highest BCUT2D eigenvalue weighted by atomic mass is 35.5. The van der Waals surface area contributed by atoms with E-state index < -0.39 is 5.97 Å². The molecule has 0 amide bonds. The second-order valence-corrected chi connectivity index (χ2v) is 5.36. The lowest BCUT2D eigenvalue weighted by molar-refractivity contribution is -0.137. The predicted molar refractivity (Wildman–Crippen MR) is 79.0 cm³/mol. The van der Waals surface area contributed by atoms with Gasteiger partial charge in [0.15, 0.2) is 0 Å². The van der Waals surface area contributed by atoms with Gasteiger partial charge in [-0.1, -0.05) is 29.8 Å². The van der Waals surface area contributed by atoms with Gasteiger partial charge in [0.2, 0.25) is 0 Å². The zero-order valence-corrected chi connectivity index (χ0v) is 12.0. The van der Waals surface area contributed by atoms with Crippen molar-refractivity contribution >= 4 is 17.6 Å². The number of carboxylic acid groups (broad SMARTS) is 1. The summed E-state index contributed by atoms with van der Waals surface area (Å²) in [5, 5.41) is 9.53.